The van der Waals surface area contributed by atoms with E-state index in [2.05, 4.69) is 0 Å². The number of hydrogen-bond acceptors (Lipinski definition) is 7. The zero-order chi connectivity index (χ0) is 19.1. The van der Waals surface area contributed by atoms with Crippen molar-refractivity contribution in [3.8, 4) is 5.75 Å². The van der Waals surface area contributed by atoms with Crippen molar-refractivity contribution < 1.29 is 36.3 Å². The summed E-state index contributed by atoms with van der Waals surface area (Å²) in [5, 5.41) is -0.543. The number of ether oxygens (including phenoxy) is 2. The van der Waals surface area contributed by atoms with Gasteiger partial charge in [-0.25, -0.2) is 4.90 Å². The summed E-state index contributed by atoms with van der Waals surface area (Å²) in [6, 6.07) is 6.05. The summed E-state index contributed by atoms with van der Waals surface area (Å²) >= 11 is 1.21. The molecule has 1 aromatic rings. The van der Waals surface area contributed by atoms with Gasteiger partial charge in [0.25, 0.3) is 0 Å². The van der Waals surface area contributed by atoms with E-state index in [1.807, 2.05) is 6.92 Å². The van der Waals surface area contributed by atoms with E-state index in [-0.39, 0.29) is 43.0 Å². The van der Waals surface area contributed by atoms with Gasteiger partial charge in [-0.2, -0.15) is 0 Å². The number of carbonyl (C=O) groups excluding carboxylic acids is 3. The van der Waals surface area contributed by atoms with Gasteiger partial charge in [0.15, 0.2) is 0 Å². The number of amides is 2. The molecule has 9 heteroatoms. The fourth-order valence-electron chi connectivity index (χ4n) is 2.45. The van der Waals surface area contributed by atoms with Crippen molar-refractivity contribution in [1.82, 2.24) is 0 Å². The second kappa shape index (κ2) is 11.2. The van der Waals surface area contributed by atoms with Gasteiger partial charge < -0.3 is 27.6 Å². The van der Waals surface area contributed by atoms with Crippen LogP contribution in [0.4, 0.5) is 5.69 Å². The minimum atomic E-state index is -0.813. The standard InChI is InChI=1S/C18H24N2O5S.ClH/c1-3-9-25-13-7-5-12(6-8-13)20-16(21)10-15(17(20)22)26-11-14(19)18(23)24-4-2;/h5-8,14-15H,3-4,9-11,19H2,1-2H3;1H/p-1. The highest BCUT2D eigenvalue weighted by molar-refractivity contribution is 8.00. The van der Waals surface area contributed by atoms with Crippen molar-refractivity contribution in [3.63, 3.8) is 0 Å². The summed E-state index contributed by atoms with van der Waals surface area (Å²) in [4.78, 5) is 37.6. The molecule has 1 saturated heterocycles. The van der Waals surface area contributed by atoms with E-state index in [0.29, 0.717) is 18.0 Å². The molecule has 2 rings (SSSR count). The molecule has 0 bridgehead atoms. The average molecular weight is 416 g/mol. The van der Waals surface area contributed by atoms with E-state index in [1.54, 1.807) is 31.2 Å². The Bertz CT molecular complexity index is 656. The van der Waals surface area contributed by atoms with Crippen LogP contribution in [0.3, 0.4) is 0 Å². The van der Waals surface area contributed by atoms with Crippen molar-refractivity contribution in [2.24, 2.45) is 5.73 Å². The molecule has 0 spiro atoms. The molecule has 0 aliphatic carbocycles. The van der Waals surface area contributed by atoms with Crippen molar-refractivity contribution in [3.05, 3.63) is 24.3 Å². The maximum absolute atomic E-state index is 12.6. The molecule has 2 amide bonds. The lowest BCUT2D eigenvalue weighted by Crippen LogP contribution is -3.00. The molecular formula is C18H24ClN2O5S-. The van der Waals surface area contributed by atoms with Crippen molar-refractivity contribution in [2.75, 3.05) is 23.9 Å². The second-order valence-corrected chi connectivity index (χ2v) is 7.03. The van der Waals surface area contributed by atoms with Crippen LogP contribution >= 0.6 is 11.8 Å². The summed E-state index contributed by atoms with van der Waals surface area (Å²) in [7, 11) is 0. The van der Waals surface area contributed by atoms with Gasteiger partial charge in [-0.05, 0) is 37.6 Å². The van der Waals surface area contributed by atoms with Gasteiger partial charge >= 0.3 is 5.97 Å². The Morgan fingerprint density at radius 3 is 2.56 bits per heavy atom. The van der Waals surface area contributed by atoms with Crippen molar-refractivity contribution >= 4 is 35.2 Å². The molecule has 7 nitrogen and oxygen atoms in total. The Kier molecular flexibility index (Phi) is 9.62. The third-order valence-electron chi connectivity index (χ3n) is 3.74. The Morgan fingerprint density at radius 1 is 1.30 bits per heavy atom. The van der Waals surface area contributed by atoms with E-state index >= 15 is 0 Å². The smallest absolute Gasteiger partial charge is 0.323 e. The molecule has 0 aromatic heterocycles. The normalized spacial score (nSPS) is 17.4. The average Bonchev–Trinajstić information content (AvgIpc) is 2.92. The molecule has 1 aliphatic rings. The minimum absolute atomic E-state index is 0. The first-order valence-corrected chi connectivity index (χ1v) is 9.66. The minimum Gasteiger partial charge on any atom is -1.00 e. The lowest BCUT2D eigenvalue weighted by Gasteiger charge is -2.16. The van der Waals surface area contributed by atoms with Gasteiger partial charge in [0.05, 0.1) is 24.2 Å². The quantitative estimate of drug-likeness (QED) is 0.397. The number of thioether (sulfide) groups is 1. The number of hydrogen-bond donors (Lipinski definition) is 1. The molecule has 1 heterocycles. The lowest BCUT2D eigenvalue weighted by atomic mass is 10.3. The van der Waals surface area contributed by atoms with E-state index in [1.165, 1.54) is 16.7 Å². The van der Waals surface area contributed by atoms with Gasteiger partial charge in [-0.15, -0.1) is 11.8 Å². The Labute approximate surface area is 169 Å². The predicted molar refractivity (Wildman–Crippen MR) is 100 cm³/mol. The molecule has 2 N–H and O–H groups in total. The summed E-state index contributed by atoms with van der Waals surface area (Å²) in [6.07, 6.45) is 0.991. The van der Waals surface area contributed by atoms with Gasteiger partial charge in [-0.1, -0.05) is 6.92 Å². The van der Waals surface area contributed by atoms with Gasteiger partial charge in [0.2, 0.25) is 11.8 Å². The van der Waals surface area contributed by atoms with Crippen LogP contribution in [0, 0.1) is 0 Å². The maximum Gasteiger partial charge on any atom is 0.323 e. The van der Waals surface area contributed by atoms with Crippen LogP contribution in [0.2, 0.25) is 0 Å². The van der Waals surface area contributed by atoms with Crippen molar-refractivity contribution in [1.29, 1.82) is 0 Å². The summed E-state index contributed by atoms with van der Waals surface area (Å²) in [5.74, 6) is -0.143. The van der Waals surface area contributed by atoms with Crippen LogP contribution in [0.1, 0.15) is 26.7 Å². The van der Waals surface area contributed by atoms with Gasteiger partial charge in [0, 0.05) is 12.2 Å². The second-order valence-electron chi connectivity index (χ2n) is 5.79. The zero-order valence-corrected chi connectivity index (χ0v) is 16.9. The number of benzene rings is 1. The Balaban J connectivity index is 0.00000364. The van der Waals surface area contributed by atoms with Crippen LogP contribution in [-0.4, -0.2) is 48.0 Å². The molecule has 0 radical (unpaired) electrons. The molecule has 2 unspecified atom stereocenters. The number of anilines is 1. The van der Waals surface area contributed by atoms with Crippen LogP contribution in [-0.2, 0) is 19.1 Å². The maximum atomic E-state index is 12.6. The molecule has 150 valence electrons. The Hall–Kier alpha value is -1.77. The molecule has 0 saturated carbocycles. The molecular weight excluding hydrogens is 392 g/mol. The predicted octanol–water partition coefficient (Wildman–Crippen LogP) is -1.27. The fraction of sp³-hybridized carbons (Fsp3) is 0.500. The van der Waals surface area contributed by atoms with Crippen LogP contribution in [0.25, 0.3) is 0 Å². The third-order valence-corrected chi connectivity index (χ3v) is 5.06. The number of nitrogens with two attached hydrogens (primary N) is 1. The van der Waals surface area contributed by atoms with Crippen LogP contribution in [0.5, 0.6) is 5.75 Å². The number of nitrogens with zero attached hydrogens (tertiary/aromatic N) is 1. The Morgan fingerprint density at radius 2 is 1.96 bits per heavy atom. The summed E-state index contributed by atoms with van der Waals surface area (Å²) in [5.41, 5.74) is 6.26. The monoisotopic (exact) mass is 415 g/mol. The first-order chi connectivity index (χ1) is 12.5. The number of carbonyl (C=O) groups is 3. The highest BCUT2D eigenvalue weighted by Gasteiger charge is 2.40. The number of imide groups is 1. The molecule has 1 aliphatic heterocycles. The molecule has 1 fully saturated rings. The zero-order valence-electron chi connectivity index (χ0n) is 15.4. The van der Waals surface area contributed by atoms with Crippen molar-refractivity contribution in [2.45, 2.75) is 38.0 Å². The highest BCUT2D eigenvalue weighted by atomic mass is 35.5. The van der Waals surface area contributed by atoms with Gasteiger partial charge in [0.1, 0.15) is 11.8 Å². The topological polar surface area (TPSA) is 98.9 Å². The van der Waals surface area contributed by atoms with E-state index in [0.717, 1.165) is 6.42 Å². The molecule has 27 heavy (non-hydrogen) atoms. The SMILES string of the molecule is CCCOc1ccc(N2C(=O)CC(SCC(N)C(=O)OCC)C2=O)cc1.[Cl-]. The van der Waals surface area contributed by atoms with Crippen LogP contribution < -0.4 is 27.8 Å². The first kappa shape index (κ1) is 23.3. The first-order valence-electron chi connectivity index (χ1n) is 8.61. The number of halogens is 1. The number of rotatable bonds is 9. The lowest BCUT2D eigenvalue weighted by molar-refractivity contribution is -0.144. The van der Waals surface area contributed by atoms with E-state index < -0.39 is 17.3 Å². The molecule has 1 aromatic carbocycles. The number of esters is 1. The third kappa shape index (κ3) is 6.12. The van der Waals surface area contributed by atoms with E-state index in [9.17, 15) is 14.4 Å². The molecule has 2 atom stereocenters. The highest BCUT2D eigenvalue weighted by Crippen LogP contribution is 2.30. The summed E-state index contributed by atoms with van der Waals surface area (Å²) < 4.78 is 10.3. The van der Waals surface area contributed by atoms with E-state index in [4.69, 9.17) is 15.2 Å². The summed E-state index contributed by atoms with van der Waals surface area (Å²) in [6.45, 7) is 4.58. The largest absolute Gasteiger partial charge is 1.00 e. The van der Waals surface area contributed by atoms with Gasteiger partial charge in [-0.3, -0.25) is 14.4 Å². The fourth-order valence-corrected chi connectivity index (χ4v) is 3.54. The van der Waals surface area contributed by atoms with Crippen LogP contribution in [0.15, 0.2) is 24.3 Å².